The molecule has 0 saturated heterocycles. The first kappa shape index (κ1) is 13.2. The SMILES string of the molecule is COc1cc(CNCC2(C(C)C)CC2)ccc1O. The fraction of sp³-hybridized carbons (Fsp3) is 0.600. The third kappa shape index (κ3) is 2.78. The number of benzene rings is 1. The Morgan fingerprint density at radius 1 is 1.39 bits per heavy atom. The second kappa shape index (κ2) is 5.19. The van der Waals surface area contributed by atoms with Gasteiger partial charge in [0.1, 0.15) is 0 Å². The van der Waals surface area contributed by atoms with Crippen molar-refractivity contribution in [1.82, 2.24) is 5.32 Å². The molecule has 2 N–H and O–H groups in total. The number of ether oxygens (including phenoxy) is 1. The van der Waals surface area contributed by atoms with Crippen LogP contribution in [0.25, 0.3) is 0 Å². The third-order valence-electron chi connectivity index (χ3n) is 4.17. The second-order valence-electron chi connectivity index (χ2n) is 5.63. The topological polar surface area (TPSA) is 41.5 Å². The molecular formula is C15H23NO2. The number of phenols is 1. The largest absolute Gasteiger partial charge is 0.504 e. The van der Waals surface area contributed by atoms with Gasteiger partial charge in [-0.05, 0) is 41.9 Å². The summed E-state index contributed by atoms with van der Waals surface area (Å²) in [6.45, 7) is 6.51. The number of nitrogens with one attached hydrogen (secondary N) is 1. The van der Waals surface area contributed by atoms with Gasteiger partial charge < -0.3 is 15.2 Å². The van der Waals surface area contributed by atoms with Gasteiger partial charge in [-0.1, -0.05) is 19.9 Å². The molecular weight excluding hydrogens is 226 g/mol. The second-order valence-corrected chi connectivity index (χ2v) is 5.63. The van der Waals surface area contributed by atoms with Crippen molar-refractivity contribution >= 4 is 0 Å². The fourth-order valence-electron chi connectivity index (χ4n) is 2.41. The average Bonchev–Trinajstić information content (AvgIpc) is 3.12. The van der Waals surface area contributed by atoms with Crippen LogP contribution in [0, 0.1) is 11.3 Å². The lowest BCUT2D eigenvalue weighted by Crippen LogP contribution is -2.27. The van der Waals surface area contributed by atoms with Gasteiger partial charge in [0.15, 0.2) is 11.5 Å². The van der Waals surface area contributed by atoms with Crippen LogP contribution in [-0.2, 0) is 6.54 Å². The molecule has 0 spiro atoms. The Morgan fingerprint density at radius 2 is 2.11 bits per heavy atom. The lowest BCUT2D eigenvalue weighted by Gasteiger charge is -2.20. The Balaban J connectivity index is 1.87. The van der Waals surface area contributed by atoms with E-state index in [1.54, 1.807) is 13.2 Å². The maximum atomic E-state index is 9.53. The molecule has 0 bridgehead atoms. The molecule has 1 aliphatic rings. The molecule has 2 rings (SSSR count). The first-order valence-electron chi connectivity index (χ1n) is 6.64. The van der Waals surface area contributed by atoms with E-state index in [4.69, 9.17) is 4.74 Å². The molecule has 1 fully saturated rings. The monoisotopic (exact) mass is 249 g/mol. The minimum atomic E-state index is 0.196. The smallest absolute Gasteiger partial charge is 0.160 e. The van der Waals surface area contributed by atoms with Crippen molar-refractivity contribution in [2.75, 3.05) is 13.7 Å². The number of rotatable bonds is 6. The molecule has 0 unspecified atom stereocenters. The summed E-state index contributed by atoms with van der Waals surface area (Å²) in [4.78, 5) is 0. The average molecular weight is 249 g/mol. The van der Waals surface area contributed by atoms with E-state index in [9.17, 15) is 5.11 Å². The highest BCUT2D eigenvalue weighted by molar-refractivity contribution is 5.41. The van der Waals surface area contributed by atoms with Gasteiger partial charge in [-0.25, -0.2) is 0 Å². The van der Waals surface area contributed by atoms with Crippen molar-refractivity contribution in [3.63, 3.8) is 0 Å². The van der Waals surface area contributed by atoms with Crippen molar-refractivity contribution in [2.24, 2.45) is 11.3 Å². The molecule has 1 aromatic carbocycles. The van der Waals surface area contributed by atoms with Crippen molar-refractivity contribution in [2.45, 2.75) is 33.2 Å². The van der Waals surface area contributed by atoms with Gasteiger partial charge in [-0.15, -0.1) is 0 Å². The quantitative estimate of drug-likeness (QED) is 0.814. The highest BCUT2D eigenvalue weighted by atomic mass is 16.5. The Bertz CT molecular complexity index is 411. The van der Waals surface area contributed by atoms with Crippen LogP contribution in [0.15, 0.2) is 18.2 Å². The molecule has 0 heterocycles. The van der Waals surface area contributed by atoms with E-state index in [0.717, 1.165) is 24.6 Å². The highest BCUT2D eigenvalue weighted by Gasteiger charge is 2.44. The Morgan fingerprint density at radius 3 is 2.67 bits per heavy atom. The first-order valence-corrected chi connectivity index (χ1v) is 6.64. The maximum Gasteiger partial charge on any atom is 0.160 e. The van der Waals surface area contributed by atoms with E-state index in [-0.39, 0.29) is 5.75 Å². The number of phenolic OH excluding ortho intramolecular Hbond substituents is 1. The van der Waals surface area contributed by atoms with Gasteiger partial charge in [0.05, 0.1) is 7.11 Å². The predicted octanol–water partition coefficient (Wildman–Crippen LogP) is 2.93. The molecule has 0 aliphatic heterocycles. The van der Waals surface area contributed by atoms with Crippen LogP contribution >= 0.6 is 0 Å². The molecule has 18 heavy (non-hydrogen) atoms. The third-order valence-corrected chi connectivity index (χ3v) is 4.17. The molecule has 3 nitrogen and oxygen atoms in total. The van der Waals surface area contributed by atoms with Crippen LogP contribution in [0.4, 0.5) is 0 Å². The van der Waals surface area contributed by atoms with Gasteiger partial charge in [-0.3, -0.25) is 0 Å². The van der Waals surface area contributed by atoms with Crippen LogP contribution in [0.5, 0.6) is 11.5 Å². The number of hydrogen-bond donors (Lipinski definition) is 2. The summed E-state index contributed by atoms with van der Waals surface area (Å²) in [7, 11) is 1.57. The zero-order valence-electron chi connectivity index (χ0n) is 11.5. The summed E-state index contributed by atoms with van der Waals surface area (Å²) in [6.07, 6.45) is 2.69. The van der Waals surface area contributed by atoms with Crippen molar-refractivity contribution in [3.05, 3.63) is 23.8 Å². The van der Waals surface area contributed by atoms with Gasteiger partial charge in [0, 0.05) is 13.1 Å². The van der Waals surface area contributed by atoms with Crippen LogP contribution in [0.3, 0.4) is 0 Å². The summed E-state index contributed by atoms with van der Waals surface area (Å²) in [5, 5.41) is 13.0. The maximum absolute atomic E-state index is 9.53. The van der Waals surface area contributed by atoms with E-state index in [0.29, 0.717) is 11.2 Å². The predicted molar refractivity (Wildman–Crippen MR) is 72.9 cm³/mol. The summed E-state index contributed by atoms with van der Waals surface area (Å²) < 4.78 is 5.11. The van der Waals surface area contributed by atoms with Crippen molar-refractivity contribution < 1.29 is 9.84 Å². The molecule has 0 radical (unpaired) electrons. The summed E-state index contributed by atoms with van der Waals surface area (Å²) in [5.74, 6) is 1.49. The van der Waals surface area contributed by atoms with E-state index in [1.165, 1.54) is 12.8 Å². The Hall–Kier alpha value is -1.22. The van der Waals surface area contributed by atoms with Gasteiger partial charge >= 0.3 is 0 Å². The van der Waals surface area contributed by atoms with Crippen LogP contribution in [0.1, 0.15) is 32.3 Å². The number of aromatic hydroxyl groups is 1. The molecule has 0 amide bonds. The van der Waals surface area contributed by atoms with E-state index in [1.807, 2.05) is 12.1 Å². The van der Waals surface area contributed by atoms with Gasteiger partial charge in [0.25, 0.3) is 0 Å². The zero-order chi connectivity index (χ0) is 13.2. The molecule has 1 aromatic rings. The first-order chi connectivity index (χ1) is 8.57. The van der Waals surface area contributed by atoms with E-state index < -0.39 is 0 Å². The molecule has 1 aliphatic carbocycles. The number of hydrogen-bond acceptors (Lipinski definition) is 3. The molecule has 0 aromatic heterocycles. The lowest BCUT2D eigenvalue weighted by atomic mass is 9.92. The molecule has 100 valence electrons. The normalized spacial score (nSPS) is 16.9. The van der Waals surface area contributed by atoms with E-state index >= 15 is 0 Å². The number of methoxy groups -OCH3 is 1. The fourth-order valence-corrected chi connectivity index (χ4v) is 2.41. The van der Waals surface area contributed by atoms with Crippen molar-refractivity contribution in [1.29, 1.82) is 0 Å². The summed E-state index contributed by atoms with van der Waals surface area (Å²) >= 11 is 0. The van der Waals surface area contributed by atoms with Crippen LogP contribution < -0.4 is 10.1 Å². The van der Waals surface area contributed by atoms with Gasteiger partial charge in [0.2, 0.25) is 0 Å². The summed E-state index contributed by atoms with van der Waals surface area (Å²) in [5.41, 5.74) is 1.67. The Labute approximate surface area is 109 Å². The van der Waals surface area contributed by atoms with E-state index in [2.05, 4.69) is 19.2 Å². The highest BCUT2D eigenvalue weighted by Crippen LogP contribution is 2.51. The summed E-state index contributed by atoms with van der Waals surface area (Å²) in [6, 6.07) is 5.50. The minimum absolute atomic E-state index is 0.196. The lowest BCUT2D eigenvalue weighted by molar-refractivity contribution is 0.337. The Kier molecular flexibility index (Phi) is 3.81. The molecule has 1 saturated carbocycles. The van der Waals surface area contributed by atoms with Crippen molar-refractivity contribution in [3.8, 4) is 11.5 Å². The zero-order valence-corrected chi connectivity index (χ0v) is 11.5. The van der Waals surface area contributed by atoms with Crippen LogP contribution in [0.2, 0.25) is 0 Å². The van der Waals surface area contributed by atoms with Crippen LogP contribution in [-0.4, -0.2) is 18.8 Å². The molecule has 0 atom stereocenters. The standard InChI is InChI=1S/C15H23NO2/c1-11(2)15(6-7-15)10-16-9-12-4-5-13(17)14(8-12)18-3/h4-5,8,11,16-17H,6-7,9-10H2,1-3H3. The minimum Gasteiger partial charge on any atom is -0.504 e. The molecule has 3 heteroatoms. The van der Waals surface area contributed by atoms with Gasteiger partial charge in [-0.2, -0.15) is 0 Å².